The van der Waals surface area contributed by atoms with Crippen LogP contribution < -0.4 is 20.1 Å². The molecule has 0 aliphatic rings. The summed E-state index contributed by atoms with van der Waals surface area (Å²) in [4.78, 5) is 6.57. The van der Waals surface area contributed by atoms with E-state index in [2.05, 4.69) is 46.8 Å². The molecular weight excluding hydrogens is 364 g/mol. The summed E-state index contributed by atoms with van der Waals surface area (Å²) < 4.78 is 11.0. The molecule has 1 aromatic carbocycles. The Morgan fingerprint density at radius 1 is 0.966 bits per heavy atom. The first-order valence-electron chi connectivity index (χ1n) is 11.0. The summed E-state index contributed by atoms with van der Waals surface area (Å²) in [7, 11) is 7.77. The molecule has 0 fully saturated rings. The minimum atomic E-state index is 0.638. The van der Waals surface area contributed by atoms with E-state index in [0.29, 0.717) is 6.61 Å². The van der Waals surface area contributed by atoms with Crippen molar-refractivity contribution < 1.29 is 9.47 Å². The number of aliphatic imine (C=N–C) groups is 1. The average molecular weight is 407 g/mol. The number of guanidine groups is 1. The van der Waals surface area contributed by atoms with E-state index in [4.69, 9.17) is 9.47 Å². The lowest BCUT2D eigenvalue weighted by atomic mass is 10.1. The molecule has 0 heterocycles. The van der Waals surface area contributed by atoms with Crippen LogP contribution in [0.4, 0.5) is 0 Å². The molecule has 0 aliphatic heterocycles. The van der Waals surface area contributed by atoms with Crippen LogP contribution in [-0.4, -0.2) is 65.4 Å². The molecule has 0 spiro atoms. The monoisotopic (exact) mass is 406 g/mol. The van der Waals surface area contributed by atoms with E-state index >= 15 is 0 Å². The number of ether oxygens (including phenoxy) is 2. The molecule has 0 radical (unpaired) electrons. The van der Waals surface area contributed by atoms with Crippen LogP contribution in [0.3, 0.4) is 0 Å². The van der Waals surface area contributed by atoms with E-state index in [1.165, 1.54) is 44.2 Å². The lowest BCUT2D eigenvalue weighted by Gasteiger charge is -2.13. The Labute approximate surface area is 178 Å². The van der Waals surface area contributed by atoms with Gasteiger partial charge in [0.1, 0.15) is 0 Å². The predicted molar refractivity (Wildman–Crippen MR) is 123 cm³/mol. The Morgan fingerprint density at radius 3 is 2.31 bits per heavy atom. The first kappa shape index (κ1) is 25.1. The van der Waals surface area contributed by atoms with Crippen molar-refractivity contribution in [3.8, 4) is 11.5 Å². The van der Waals surface area contributed by atoms with Gasteiger partial charge in [-0.3, -0.25) is 4.99 Å². The number of methoxy groups -OCH3 is 1. The smallest absolute Gasteiger partial charge is 0.190 e. The van der Waals surface area contributed by atoms with Gasteiger partial charge in [-0.1, -0.05) is 25.3 Å². The zero-order valence-corrected chi connectivity index (χ0v) is 19.2. The fraction of sp³-hybridized carbons (Fsp3) is 0.696. The zero-order chi connectivity index (χ0) is 21.3. The molecule has 0 bridgehead atoms. The molecule has 0 aliphatic carbocycles. The topological polar surface area (TPSA) is 58.1 Å². The van der Waals surface area contributed by atoms with Crippen LogP contribution in [0.1, 0.15) is 51.0 Å². The van der Waals surface area contributed by atoms with Gasteiger partial charge in [0.05, 0.1) is 13.7 Å². The number of hydrogen-bond donors (Lipinski definition) is 2. The molecule has 0 atom stereocenters. The third kappa shape index (κ3) is 11.6. The van der Waals surface area contributed by atoms with Gasteiger partial charge in [0.25, 0.3) is 0 Å². The summed E-state index contributed by atoms with van der Waals surface area (Å²) in [6.07, 6.45) is 8.41. The molecule has 0 amide bonds. The van der Waals surface area contributed by atoms with E-state index < -0.39 is 0 Å². The number of nitrogens with one attached hydrogen (secondary N) is 2. The van der Waals surface area contributed by atoms with Crippen molar-refractivity contribution in [1.29, 1.82) is 0 Å². The maximum Gasteiger partial charge on any atom is 0.190 e. The van der Waals surface area contributed by atoms with E-state index in [0.717, 1.165) is 43.4 Å². The maximum atomic E-state index is 5.65. The average Bonchev–Trinajstić information content (AvgIpc) is 2.71. The molecule has 0 unspecified atom stereocenters. The standard InChI is InChI=1S/C23H42N4O2/c1-6-29-22-19-20(14-15-21(22)28-5)13-12-17-26-23(24-2)25-16-10-8-7-9-11-18-27(3)4/h14-15,19H,6-13,16-18H2,1-5H3,(H2,24,25,26). The van der Waals surface area contributed by atoms with E-state index in [1.807, 2.05) is 20.0 Å². The van der Waals surface area contributed by atoms with Crippen molar-refractivity contribution in [2.45, 2.75) is 51.9 Å². The second-order valence-corrected chi connectivity index (χ2v) is 7.52. The van der Waals surface area contributed by atoms with Crippen LogP contribution in [0, 0.1) is 0 Å². The van der Waals surface area contributed by atoms with Crippen LogP contribution in [0.25, 0.3) is 0 Å². The third-order valence-corrected chi connectivity index (χ3v) is 4.76. The SMILES string of the molecule is CCOc1cc(CCCNC(=NC)NCCCCCCCN(C)C)ccc1OC. The fourth-order valence-electron chi connectivity index (χ4n) is 3.15. The van der Waals surface area contributed by atoms with Gasteiger partial charge in [0.15, 0.2) is 17.5 Å². The summed E-state index contributed by atoms with van der Waals surface area (Å²) >= 11 is 0. The predicted octanol–water partition coefficient (Wildman–Crippen LogP) is 3.70. The molecule has 0 saturated heterocycles. The molecule has 29 heavy (non-hydrogen) atoms. The number of rotatable bonds is 15. The van der Waals surface area contributed by atoms with Gasteiger partial charge in [-0.15, -0.1) is 0 Å². The quantitative estimate of drug-likeness (QED) is 0.264. The van der Waals surface area contributed by atoms with Crippen LogP contribution in [0.5, 0.6) is 11.5 Å². The highest BCUT2D eigenvalue weighted by Gasteiger charge is 2.05. The minimum Gasteiger partial charge on any atom is -0.493 e. The zero-order valence-electron chi connectivity index (χ0n) is 19.2. The maximum absolute atomic E-state index is 5.65. The van der Waals surface area contributed by atoms with Gasteiger partial charge in [-0.05, 0) is 70.9 Å². The van der Waals surface area contributed by atoms with Gasteiger partial charge in [-0.2, -0.15) is 0 Å². The van der Waals surface area contributed by atoms with Gasteiger partial charge in [0.2, 0.25) is 0 Å². The molecule has 1 aromatic rings. The van der Waals surface area contributed by atoms with Gasteiger partial charge in [-0.25, -0.2) is 0 Å². The van der Waals surface area contributed by atoms with Gasteiger partial charge >= 0.3 is 0 Å². The first-order chi connectivity index (χ1) is 14.1. The number of benzene rings is 1. The second-order valence-electron chi connectivity index (χ2n) is 7.52. The molecule has 2 N–H and O–H groups in total. The summed E-state index contributed by atoms with van der Waals surface area (Å²) in [6.45, 7) is 5.68. The third-order valence-electron chi connectivity index (χ3n) is 4.76. The highest BCUT2D eigenvalue weighted by molar-refractivity contribution is 5.79. The van der Waals surface area contributed by atoms with E-state index in [-0.39, 0.29) is 0 Å². The Bertz CT molecular complexity index is 576. The fourth-order valence-corrected chi connectivity index (χ4v) is 3.15. The van der Waals surface area contributed by atoms with Crippen molar-refractivity contribution in [1.82, 2.24) is 15.5 Å². The van der Waals surface area contributed by atoms with Crippen LogP contribution in [-0.2, 0) is 6.42 Å². The summed E-state index contributed by atoms with van der Waals surface area (Å²) in [5.41, 5.74) is 1.26. The highest BCUT2D eigenvalue weighted by Crippen LogP contribution is 2.28. The minimum absolute atomic E-state index is 0.638. The van der Waals surface area contributed by atoms with E-state index in [1.54, 1.807) is 7.11 Å². The number of unbranched alkanes of at least 4 members (excludes halogenated alkanes) is 4. The summed E-state index contributed by atoms with van der Waals surface area (Å²) in [5, 5.41) is 6.82. The number of aryl methyl sites for hydroxylation is 1. The molecule has 6 heteroatoms. The molecular formula is C23H42N4O2. The second kappa shape index (κ2) is 15.9. The molecule has 6 nitrogen and oxygen atoms in total. The number of hydrogen-bond acceptors (Lipinski definition) is 4. The molecule has 0 aromatic heterocycles. The van der Waals surface area contributed by atoms with Crippen molar-refractivity contribution in [3.63, 3.8) is 0 Å². The van der Waals surface area contributed by atoms with Gasteiger partial charge < -0.3 is 25.0 Å². The van der Waals surface area contributed by atoms with Crippen molar-refractivity contribution in [2.75, 3.05) is 54.5 Å². The molecule has 0 saturated carbocycles. The lowest BCUT2D eigenvalue weighted by Crippen LogP contribution is -2.38. The summed E-state index contributed by atoms with van der Waals surface area (Å²) in [5.74, 6) is 2.50. The Morgan fingerprint density at radius 2 is 1.66 bits per heavy atom. The van der Waals surface area contributed by atoms with Crippen molar-refractivity contribution >= 4 is 5.96 Å². The van der Waals surface area contributed by atoms with Crippen LogP contribution in [0.2, 0.25) is 0 Å². The largest absolute Gasteiger partial charge is 0.493 e. The van der Waals surface area contributed by atoms with E-state index in [9.17, 15) is 0 Å². The first-order valence-corrected chi connectivity index (χ1v) is 11.0. The van der Waals surface area contributed by atoms with Crippen molar-refractivity contribution in [2.24, 2.45) is 4.99 Å². The molecule has 166 valence electrons. The van der Waals surface area contributed by atoms with Crippen molar-refractivity contribution in [3.05, 3.63) is 23.8 Å². The Kier molecular flexibility index (Phi) is 13.8. The summed E-state index contributed by atoms with van der Waals surface area (Å²) in [6, 6.07) is 6.16. The Hall–Kier alpha value is -1.95. The molecule has 1 rings (SSSR count). The highest BCUT2D eigenvalue weighted by atomic mass is 16.5. The number of nitrogens with zero attached hydrogens (tertiary/aromatic N) is 2. The normalized spacial score (nSPS) is 11.6. The van der Waals surface area contributed by atoms with Gasteiger partial charge in [0, 0.05) is 20.1 Å². The Balaban J connectivity index is 2.17. The lowest BCUT2D eigenvalue weighted by molar-refractivity contribution is 0.310. The van der Waals surface area contributed by atoms with Crippen LogP contribution in [0.15, 0.2) is 23.2 Å². The van der Waals surface area contributed by atoms with Crippen LogP contribution >= 0.6 is 0 Å².